The van der Waals surface area contributed by atoms with Gasteiger partial charge >= 0.3 is 0 Å². The quantitative estimate of drug-likeness (QED) is 0.789. The monoisotopic (exact) mass is 207 g/mol. The zero-order valence-electron chi connectivity index (χ0n) is 9.45. The molecule has 1 saturated heterocycles. The highest BCUT2D eigenvalue weighted by Gasteiger charge is 2.33. The molecule has 1 aliphatic heterocycles. The lowest BCUT2D eigenvalue weighted by molar-refractivity contribution is -0.119. The van der Waals surface area contributed by atoms with Crippen LogP contribution in [-0.2, 0) is 11.8 Å². The van der Waals surface area contributed by atoms with E-state index >= 15 is 0 Å². The molecule has 0 radical (unpaired) electrons. The number of nitrogens with one attached hydrogen (secondary N) is 1. The van der Waals surface area contributed by atoms with Gasteiger partial charge in [0.25, 0.3) is 0 Å². The standard InChI is InChI=1S/C11H17N3O/c1-4-10-8(5-11(15)13-10)9-6-12-14(3)7(9)2/h6,8,10H,4-5H2,1-3H3,(H,13,15). The summed E-state index contributed by atoms with van der Waals surface area (Å²) in [7, 11) is 1.93. The molecule has 0 saturated carbocycles. The van der Waals surface area contributed by atoms with Gasteiger partial charge in [-0.05, 0) is 18.9 Å². The van der Waals surface area contributed by atoms with Crippen LogP contribution in [0.25, 0.3) is 0 Å². The number of hydrogen-bond acceptors (Lipinski definition) is 2. The summed E-state index contributed by atoms with van der Waals surface area (Å²) in [6, 6.07) is 0.278. The van der Waals surface area contributed by atoms with Crippen molar-refractivity contribution in [2.45, 2.75) is 38.6 Å². The summed E-state index contributed by atoms with van der Waals surface area (Å²) in [4.78, 5) is 11.4. The topological polar surface area (TPSA) is 46.9 Å². The van der Waals surface area contributed by atoms with Crippen molar-refractivity contribution in [2.24, 2.45) is 7.05 Å². The van der Waals surface area contributed by atoms with E-state index in [0.29, 0.717) is 12.3 Å². The minimum Gasteiger partial charge on any atom is -0.353 e. The van der Waals surface area contributed by atoms with Crippen LogP contribution in [0.1, 0.15) is 36.9 Å². The first-order chi connectivity index (χ1) is 7.13. The Kier molecular flexibility index (Phi) is 2.50. The van der Waals surface area contributed by atoms with E-state index in [9.17, 15) is 4.79 Å². The van der Waals surface area contributed by atoms with E-state index in [4.69, 9.17) is 0 Å². The summed E-state index contributed by atoms with van der Waals surface area (Å²) in [6.45, 7) is 4.16. The van der Waals surface area contributed by atoms with E-state index in [1.807, 2.05) is 17.9 Å². The highest BCUT2D eigenvalue weighted by Crippen LogP contribution is 2.31. The van der Waals surface area contributed by atoms with Crippen molar-refractivity contribution in [3.8, 4) is 0 Å². The van der Waals surface area contributed by atoms with Gasteiger partial charge in [0.05, 0.1) is 6.20 Å². The average molecular weight is 207 g/mol. The Labute approximate surface area is 89.7 Å². The first-order valence-corrected chi connectivity index (χ1v) is 5.41. The summed E-state index contributed by atoms with van der Waals surface area (Å²) < 4.78 is 1.87. The second kappa shape index (κ2) is 3.68. The van der Waals surface area contributed by atoms with E-state index in [2.05, 4.69) is 24.3 Å². The molecule has 0 aromatic carbocycles. The van der Waals surface area contributed by atoms with Gasteiger partial charge in [0, 0.05) is 31.1 Å². The van der Waals surface area contributed by atoms with Gasteiger partial charge in [-0.3, -0.25) is 9.48 Å². The van der Waals surface area contributed by atoms with Gasteiger partial charge in [0.1, 0.15) is 0 Å². The van der Waals surface area contributed by atoms with E-state index < -0.39 is 0 Å². The fraction of sp³-hybridized carbons (Fsp3) is 0.636. The normalized spacial score (nSPS) is 25.7. The van der Waals surface area contributed by atoms with Crippen molar-refractivity contribution >= 4 is 5.91 Å². The van der Waals surface area contributed by atoms with Gasteiger partial charge in [-0.25, -0.2) is 0 Å². The van der Waals surface area contributed by atoms with Crippen LogP contribution in [0.15, 0.2) is 6.20 Å². The largest absolute Gasteiger partial charge is 0.353 e. The van der Waals surface area contributed by atoms with E-state index in [0.717, 1.165) is 12.1 Å². The molecule has 2 heterocycles. The number of amides is 1. The maximum absolute atomic E-state index is 11.4. The second-order valence-electron chi connectivity index (χ2n) is 4.20. The predicted octanol–water partition coefficient (Wildman–Crippen LogP) is 1.11. The molecule has 2 rings (SSSR count). The Morgan fingerprint density at radius 3 is 2.93 bits per heavy atom. The highest BCUT2D eigenvalue weighted by molar-refractivity contribution is 5.80. The summed E-state index contributed by atoms with van der Waals surface area (Å²) in [5.41, 5.74) is 2.37. The van der Waals surface area contributed by atoms with Crippen molar-refractivity contribution in [1.82, 2.24) is 15.1 Å². The zero-order valence-corrected chi connectivity index (χ0v) is 9.45. The lowest BCUT2D eigenvalue weighted by atomic mass is 9.91. The Bertz CT molecular complexity index is 383. The molecule has 0 spiro atoms. The van der Waals surface area contributed by atoms with Crippen molar-refractivity contribution < 1.29 is 4.79 Å². The molecule has 0 bridgehead atoms. The molecule has 2 unspecified atom stereocenters. The van der Waals surface area contributed by atoms with Crippen LogP contribution in [-0.4, -0.2) is 21.7 Å². The van der Waals surface area contributed by atoms with Gasteiger partial charge in [-0.1, -0.05) is 6.92 Å². The second-order valence-corrected chi connectivity index (χ2v) is 4.20. The molecule has 1 fully saturated rings. The SMILES string of the molecule is CCC1NC(=O)CC1c1cnn(C)c1C. The minimum absolute atomic E-state index is 0.162. The van der Waals surface area contributed by atoms with Gasteiger partial charge < -0.3 is 5.32 Å². The third-order valence-electron chi connectivity index (χ3n) is 3.35. The van der Waals surface area contributed by atoms with Crippen molar-refractivity contribution in [2.75, 3.05) is 0 Å². The Morgan fingerprint density at radius 2 is 2.40 bits per heavy atom. The first-order valence-electron chi connectivity index (χ1n) is 5.41. The molecule has 1 N–H and O–H groups in total. The van der Waals surface area contributed by atoms with Crippen LogP contribution in [0.4, 0.5) is 0 Å². The minimum atomic E-state index is 0.162. The number of aryl methyl sites for hydroxylation is 1. The Hall–Kier alpha value is -1.32. The van der Waals surface area contributed by atoms with Gasteiger partial charge in [-0.2, -0.15) is 5.10 Å². The molecule has 82 valence electrons. The number of rotatable bonds is 2. The Balaban J connectivity index is 2.30. The molecule has 0 aliphatic carbocycles. The lowest BCUT2D eigenvalue weighted by Gasteiger charge is -2.16. The van der Waals surface area contributed by atoms with E-state index in [-0.39, 0.29) is 11.9 Å². The van der Waals surface area contributed by atoms with E-state index in [1.165, 1.54) is 5.56 Å². The van der Waals surface area contributed by atoms with Gasteiger partial charge in [0.2, 0.25) is 5.91 Å². The molecule has 4 nitrogen and oxygen atoms in total. The van der Waals surface area contributed by atoms with Crippen LogP contribution in [0, 0.1) is 6.92 Å². The van der Waals surface area contributed by atoms with Gasteiger partial charge in [0.15, 0.2) is 0 Å². The molecule has 1 aromatic heterocycles. The molecule has 2 atom stereocenters. The van der Waals surface area contributed by atoms with E-state index in [1.54, 1.807) is 0 Å². The number of nitrogens with zero attached hydrogens (tertiary/aromatic N) is 2. The maximum atomic E-state index is 11.4. The smallest absolute Gasteiger partial charge is 0.220 e. The lowest BCUT2D eigenvalue weighted by Crippen LogP contribution is -2.27. The average Bonchev–Trinajstić information content (AvgIpc) is 2.72. The highest BCUT2D eigenvalue weighted by atomic mass is 16.2. The van der Waals surface area contributed by atoms with Crippen molar-refractivity contribution in [3.05, 3.63) is 17.5 Å². The fourth-order valence-corrected chi connectivity index (χ4v) is 2.30. The molecule has 1 amide bonds. The van der Waals surface area contributed by atoms with Crippen molar-refractivity contribution in [1.29, 1.82) is 0 Å². The van der Waals surface area contributed by atoms with Crippen LogP contribution >= 0.6 is 0 Å². The molecule has 1 aliphatic rings. The Morgan fingerprint density at radius 1 is 1.67 bits per heavy atom. The zero-order chi connectivity index (χ0) is 11.0. The third-order valence-corrected chi connectivity index (χ3v) is 3.35. The fourth-order valence-electron chi connectivity index (χ4n) is 2.30. The maximum Gasteiger partial charge on any atom is 0.220 e. The summed E-state index contributed by atoms with van der Waals surface area (Å²) >= 11 is 0. The molecular weight excluding hydrogens is 190 g/mol. The molecular formula is C11H17N3O. The van der Waals surface area contributed by atoms with Crippen LogP contribution < -0.4 is 5.32 Å². The van der Waals surface area contributed by atoms with Crippen LogP contribution in [0.2, 0.25) is 0 Å². The molecule has 15 heavy (non-hydrogen) atoms. The molecule has 1 aromatic rings. The van der Waals surface area contributed by atoms with Gasteiger partial charge in [-0.15, -0.1) is 0 Å². The van der Waals surface area contributed by atoms with Crippen molar-refractivity contribution in [3.63, 3.8) is 0 Å². The third kappa shape index (κ3) is 1.64. The summed E-state index contributed by atoms with van der Waals surface area (Å²) in [5, 5.41) is 7.24. The first kappa shape index (κ1) is 10.2. The molecule has 4 heteroatoms. The number of carbonyl (C=O) groups is 1. The number of aromatic nitrogens is 2. The predicted molar refractivity (Wildman–Crippen MR) is 57.5 cm³/mol. The summed E-state index contributed by atoms with van der Waals surface area (Å²) in [6.07, 6.45) is 3.47. The number of carbonyl (C=O) groups excluding carboxylic acids is 1. The summed E-state index contributed by atoms with van der Waals surface area (Å²) in [5.74, 6) is 0.464. The van der Waals surface area contributed by atoms with Crippen LogP contribution in [0.3, 0.4) is 0 Å². The van der Waals surface area contributed by atoms with Crippen LogP contribution in [0.5, 0.6) is 0 Å². The number of hydrogen-bond donors (Lipinski definition) is 1.